The fourth-order valence-corrected chi connectivity index (χ4v) is 4.39. The highest BCUT2D eigenvalue weighted by atomic mass is 32.2. The number of rotatable bonds is 6. The number of thioether (sulfide) groups is 1. The second-order valence-electron chi connectivity index (χ2n) is 6.36. The first-order chi connectivity index (χ1) is 13.5. The molecule has 3 heterocycles. The number of para-hydroxylation sites is 1. The molecule has 7 nitrogen and oxygen atoms in total. The number of nitrogens with zero attached hydrogens (tertiary/aromatic N) is 5. The standard InChI is InChI=1S/C19H19N5O2S2/c1-12-6-4-5-7-15(12)26-13(2)17-21-22-19(23(17)3)28-11-14-10-16(25)24-8-9-27-18(24)20-14/h4-10,13H,11H2,1-3H3. The van der Waals surface area contributed by atoms with E-state index in [-0.39, 0.29) is 11.7 Å². The molecule has 4 rings (SSSR count). The van der Waals surface area contributed by atoms with Gasteiger partial charge in [0.1, 0.15) is 5.75 Å². The van der Waals surface area contributed by atoms with Gasteiger partial charge in [-0.05, 0) is 25.5 Å². The molecule has 1 aromatic carbocycles. The highest BCUT2D eigenvalue weighted by Gasteiger charge is 2.18. The summed E-state index contributed by atoms with van der Waals surface area (Å²) in [5.41, 5.74) is 1.74. The smallest absolute Gasteiger partial charge is 0.258 e. The first-order valence-corrected chi connectivity index (χ1v) is 10.6. The molecule has 0 bridgehead atoms. The molecule has 1 atom stereocenters. The number of hydrogen-bond donors (Lipinski definition) is 0. The van der Waals surface area contributed by atoms with E-state index in [0.29, 0.717) is 10.7 Å². The summed E-state index contributed by atoms with van der Waals surface area (Å²) >= 11 is 2.94. The predicted octanol–water partition coefficient (Wildman–Crippen LogP) is 3.63. The maximum atomic E-state index is 12.1. The molecule has 0 amide bonds. The van der Waals surface area contributed by atoms with Crippen LogP contribution in [0.1, 0.15) is 30.1 Å². The third-order valence-electron chi connectivity index (χ3n) is 4.33. The van der Waals surface area contributed by atoms with Gasteiger partial charge >= 0.3 is 0 Å². The van der Waals surface area contributed by atoms with Crippen molar-refractivity contribution in [2.75, 3.05) is 0 Å². The molecule has 0 saturated carbocycles. The number of thiazole rings is 1. The summed E-state index contributed by atoms with van der Waals surface area (Å²) in [6.45, 7) is 3.97. The molecule has 0 spiro atoms. The van der Waals surface area contributed by atoms with E-state index in [1.165, 1.54) is 23.1 Å². The Balaban J connectivity index is 1.48. The second kappa shape index (κ2) is 7.76. The lowest BCUT2D eigenvalue weighted by Crippen LogP contribution is -2.12. The van der Waals surface area contributed by atoms with Crippen LogP contribution >= 0.6 is 23.1 Å². The maximum Gasteiger partial charge on any atom is 0.258 e. The number of benzene rings is 1. The van der Waals surface area contributed by atoms with Gasteiger partial charge in [-0.2, -0.15) is 0 Å². The van der Waals surface area contributed by atoms with Crippen molar-refractivity contribution in [3.8, 4) is 5.75 Å². The van der Waals surface area contributed by atoms with Gasteiger partial charge in [0, 0.05) is 30.4 Å². The van der Waals surface area contributed by atoms with E-state index in [4.69, 9.17) is 4.74 Å². The van der Waals surface area contributed by atoms with Crippen molar-refractivity contribution < 1.29 is 4.74 Å². The van der Waals surface area contributed by atoms with E-state index in [2.05, 4.69) is 15.2 Å². The molecular weight excluding hydrogens is 394 g/mol. The van der Waals surface area contributed by atoms with Gasteiger partial charge in [0.15, 0.2) is 22.0 Å². The van der Waals surface area contributed by atoms with Gasteiger partial charge in [-0.1, -0.05) is 30.0 Å². The van der Waals surface area contributed by atoms with Crippen molar-refractivity contribution >= 4 is 28.1 Å². The van der Waals surface area contributed by atoms with Crippen LogP contribution in [0, 0.1) is 6.92 Å². The van der Waals surface area contributed by atoms with Crippen LogP contribution in [-0.4, -0.2) is 24.1 Å². The fourth-order valence-electron chi connectivity index (χ4n) is 2.84. The number of aromatic nitrogens is 5. The van der Waals surface area contributed by atoms with Crippen LogP contribution < -0.4 is 10.3 Å². The molecule has 144 valence electrons. The van der Waals surface area contributed by atoms with E-state index in [1.807, 2.05) is 55.1 Å². The van der Waals surface area contributed by atoms with Crippen LogP contribution in [0.2, 0.25) is 0 Å². The van der Waals surface area contributed by atoms with Gasteiger partial charge in [0.05, 0.1) is 5.69 Å². The average Bonchev–Trinajstić information content (AvgIpc) is 3.29. The minimum atomic E-state index is -0.238. The Labute approximate surface area is 170 Å². The lowest BCUT2D eigenvalue weighted by atomic mass is 10.2. The van der Waals surface area contributed by atoms with Crippen LogP contribution in [0.3, 0.4) is 0 Å². The Bertz CT molecular complexity index is 1180. The summed E-state index contributed by atoms with van der Waals surface area (Å²) in [5.74, 6) is 2.12. The fraction of sp³-hybridized carbons (Fsp3) is 0.263. The minimum Gasteiger partial charge on any atom is -0.482 e. The molecular formula is C19H19N5O2S2. The summed E-state index contributed by atoms with van der Waals surface area (Å²) < 4.78 is 9.52. The molecule has 9 heteroatoms. The van der Waals surface area contributed by atoms with Crippen molar-refractivity contribution in [1.29, 1.82) is 0 Å². The molecule has 0 fully saturated rings. The summed E-state index contributed by atoms with van der Waals surface area (Å²) in [7, 11) is 1.92. The minimum absolute atomic E-state index is 0.0687. The summed E-state index contributed by atoms with van der Waals surface area (Å²) in [6.07, 6.45) is 1.50. The Morgan fingerprint density at radius 3 is 2.93 bits per heavy atom. The SMILES string of the molecule is Cc1ccccc1OC(C)c1nnc(SCc2cc(=O)n3ccsc3n2)n1C. The molecule has 4 aromatic rings. The molecule has 0 aliphatic rings. The zero-order chi connectivity index (χ0) is 19.7. The van der Waals surface area contributed by atoms with E-state index in [0.717, 1.165) is 28.0 Å². The predicted molar refractivity (Wildman–Crippen MR) is 110 cm³/mol. The van der Waals surface area contributed by atoms with Crippen molar-refractivity contribution in [3.05, 3.63) is 69.3 Å². The quantitative estimate of drug-likeness (QED) is 0.450. The topological polar surface area (TPSA) is 74.3 Å². The Morgan fingerprint density at radius 2 is 2.11 bits per heavy atom. The number of fused-ring (bicyclic) bond motifs is 1. The van der Waals surface area contributed by atoms with E-state index < -0.39 is 0 Å². The number of aryl methyl sites for hydroxylation is 1. The van der Waals surface area contributed by atoms with Crippen molar-refractivity contribution in [3.63, 3.8) is 0 Å². The molecule has 3 aromatic heterocycles. The van der Waals surface area contributed by atoms with E-state index in [1.54, 1.807) is 16.7 Å². The number of ether oxygens (including phenoxy) is 1. The zero-order valence-electron chi connectivity index (χ0n) is 15.7. The molecule has 0 N–H and O–H groups in total. The van der Waals surface area contributed by atoms with Crippen molar-refractivity contribution in [2.24, 2.45) is 7.05 Å². The highest BCUT2D eigenvalue weighted by molar-refractivity contribution is 7.98. The lowest BCUT2D eigenvalue weighted by Gasteiger charge is -2.15. The van der Waals surface area contributed by atoms with Gasteiger partial charge in [-0.3, -0.25) is 9.20 Å². The monoisotopic (exact) mass is 413 g/mol. The van der Waals surface area contributed by atoms with Crippen LogP contribution in [0.5, 0.6) is 5.75 Å². The lowest BCUT2D eigenvalue weighted by molar-refractivity contribution is 0.210. The van der Waals surface area contributed by atoms with Gasteiger partial charge in [-0.25, -0.2) is 4.98 Å². The third kappa shape index (κ3) is 3.67. The average molecular weight is 414 g/mol. The molecule has 0 aliphatic carbocycles. The summed E-state index contributed by atoms with van der Waals surface area (Å²) in [4.78, 5) is 17.3. The number of hydrogen-bond acceptors (Lipinski definition) is 7. The highest BCUT2D eigenvalue weighted by Crippen LogP contribution is 2.26. The first kappa shape index (κ1) is 18.7. The zero-order valence-corrected chi connectivity index (χ0v) is 17.3. The van der Waals surface area contributed by atoms with E-state index >= 15 is 0 Å². The Morgan fingerprint density at radius 1 is 1.29 bits per heavy atom. The van der Waals surface area contributed by atoms with Crippen molar-refractivity contribution in [2.45, 2.75) is 30.9 Å². The molecule has 0 aliphatic heterocycles. The van der Waals surface area contributed by atoms with Gasteiger partial charge < -0.3 is 9.30 Å². The molecule has 0 saturated heterocycles. The summed E-state index contributed by atoms with van der Waals surface area (Å²) in [5, 5.41) is 11.2. The Kier molecular flexibility index (Phi) is 5.19. The second-order valence-corrected chi connectivity index (χ2v) is 8.17. The van der Waals surface area contributed by atoms with E-state index in [9.17, 15) is 4.79 Å². The molecule has 28 heavy (non-hydrogen) atoms. The van der Waals surface area contributed by atoms with Crippen LogP contribution in [0.4, 0.5) is 0 Å². The third-order valence-corrected chi connectivity index (χ3v) is 6.15. The largest absolute Gasteiger partial charge is 0.482 e. The molecule has 0 radical (unpaired) electrons. The van der Waals surface area contributed by atoms with Gasteiger partial charge in [-0.15, -0.1) is 21.5 Å². The van der Waals surface area contributed by atoms with Gasteiger partial charge in [0.25, 0.3) is 5.56 Å². The Hall–Kier alpha value is -2.65. The molecule has 1 unspecified atom stereocenters. The van der Waals surface area contributed by atoms with Crippen LogP contribution in [0.25, 0.3) is 4.96 Å². The van der Waals surface area contributed by atoms with Crippen LogP contribution in [0.15, 0.2) is 51.9 Å². The van der Waals surface area contributed by atoms with Crippen molar-refractivity contribution in [1.82, 2.24) is 24.1 Å². The maximum absolute atomic E-state index is 12.1. The van der Waals surface area contributed by atoms with Gasteiger partial charge in [0.2, 0.25) is 0 Å². The summed E-state index contributed by atoms with van der Waals surface area (Å²) in [6, 6.07) is 9.46. The van der Waals surface area contributed by atoms with Crippen LogP contribution in [-0.2, 0) is 12.8 Å². The normalized spacial score (nSPS) is 12.4. The first-order valence-electron chi connectivity index (χ1n) is 8.73.